The Balaban J connectivity index is 2.09. The summed E-state index contributed by atoms with van der Waals surface area (Å²) in [6.07, 6.45) is 0.343. The Morgan fingerprint density at radius 1 is 1.26 bits per heavy atom. The van der Waals surface area contributed by atoms with Crippen LogP contribution >= 0.6 is 11.8 Å². The van der Waals surface area contributed by atoms with E-state index in [2.05, 4.69) is 17.1 Å². The minimum atomic E-state index is -1.30. The summed E-state index contributed by atoms with van der Waals surface area (Å²) >= 11 is 1.28. The summed E-state index contributed by atoms with van der Waals surface area (Å²) in [6, 6.07) is -0.640. The van der Waals surface area contributed by atoms with Gasteiger partial charge in [-0.15, -0.1) is 11.8 Å². The van der Waals surface area contributed by atoms with Crippen LogP contribution in [0.25, 0.3) is 0 Å². The first-order chi connectivity index (χ1) is 12.7. The van der Waals surface area contributed by atoms with Crippen LogP contribution in [0.3, 0.4) is 0 Å². The molecule has 158 valence electrons. The molecule has 7 nitrogen and oxygen atoms in total. The lowest BCUT2D eigenvalue weighted by atomic mass is 9.88. The van der Waals surface area contributed by atoms with Crippen molar-refractivity contribution < 1.29 is 24.9 Å². The van der Waals surface area contributed by atoms with Gasteiger partial charge in [-0.2, -0.15) is 0 Å². The molecule has 2 aliphatic rings. The van der Waals surface area contributed by atoms with Gasteiger partial charge in [0.25, 0.3) is 0 Å². The summed E-state index contributed by atoms with van der Waals surface area (Å²) in [5, 5.41) is 33.8. The van der Waals surface area contributed by atoms with E-state index < -0.39 is 35.9 Å². The van der Waals surface area contributed by atoms with E-state index in [-0.39, 0.29) is 17.9 Å². The van der Waals surface area contributed by atoms with Crippen molar-refractivity contribution in [3.05, 3.63) is 0 Å². The van der Waals surface area contributed by atoms with E-state index in [9.17, 15) is 20.1 Å². The Morgan fingerprint density at radius 2 is 1.93 bits per heavy atom. The third-order valence-corrected chi connectivity index (χ3v) is 6.71. The van der Waals surface area contributed by atoms with Gasteiger partial charge in [0.2, 0.25) is 5.91 Å². The summed E-state index contributed by atoms with van der Waals surface area (Å²) in [5.41, 5.74) is -0.644. The van der Waals surface area contributed by atoms with Crippen LogP contribution in [0.2, 0.25) is 0 Å². The second kappa shape index (κ2) is 9.89. The van der Waals surface area contributed by atoms with Crippen LogP contribution in [-0.4, -0.2) is 87.9 Å². The maximum absolute atomic E-state index is 13.0. The molecule has 4 N–H and O–H groups in total. The van der Waals surface area contributed by atoms with Crippen molar-refractivity contribution in [3.63, 3.8) is 0 Å². The van der Waals surface area contributed by atoms with E-state index in [1.165, 1.54) is 11.8 Å². The van der Waals surface area contributed by atoms with Crippen LogP contribution in [0, 0.1) is 11.8 Å². The van der Waals surface area contributed by atoms with E-state index in [0.717, 1.165) is 25.8 Å². The average Bonchev–Trinajstić information content (AvgIpc) is 2.99. The summed E-state index contributed by atoms with van der Waals surface area (Å²) in [6.45, 7) is 6.97. The highest BCUT2D eigenvalue weighted by molar-refractivity contribution is 7.99. The quantitative estimate of drug-likeness (QED) is 0.488. The molecule has 0 radical (unpaired) electrons. The Bertz CT molecular complexity index is 493. The summed E-state index contributed by atoms with van der Waals surface area (Å²) in [7, 11) is 1.97. The fourth-order valence-electron chi connectivity index (χ4n) is 4.28. The molecule has 8 unspecified atom stereocenters. The zero-order chi connectivity index (χ0) is 20.3. The largest absolute Gasteiger partial charge is 0.388 e. The summed E-state index contributed by atoms with van der Waals surface area (Å²) < 4.78 is 5.88. The number of thioether (sulfide) groups is 1. The Labute approximate surface area is 166 Å². The second-order valence-corrected chi connectivity index (χ2v) is 9.24. The number of carbonyl (C=O) groups excluding carboxylic acids is 1. The van der Waals surface area contributed by atoms with Crippen molar-refractivity contribution in [2.24, 2.45) is 11.8 Å². The summed E-state index contributed by atoms with van der Waals surface area (Å²) in [5.74, 6) is 0.464. The second-order valence-electron chi connectivity index (χ2n) is 8.30. The molecule has 2 aliphatic heterocycles. The van der Waals surface area contributed by atoms with Gasteiger partial charge in [-0.3, -0.25) is 9.69 Å². The fourth-order valence-corrected chi connectivity index (χ4v) is 4.96. The van der Waals surface area contributed by atoms with Crippen molar-refractivity contribution >= 4 is 17.7 Å². The highest BCUT2D eigenvalue weighted by atomic mass is 32.2. The van der Waals surface area contributed by atoms with Gasteiger partial charge in [-0.1, -0.05) is 27.2 Å². The number of amides is 1. The number of aliphatic hydroxyl groups excluding tert-OH is 3. The molecule has 8 heteroatoms. The number of nitrogens with zero attached hydrogens (tertiary/aromatic N) is 1. The number of ether oxygens (including phenoxy) is 1. The maximum Gasteiger partial charge on any atom is 0.237 e. The van der Waals surface area contributed by atoms with Gasteiger partial charge in [-0.25, -0.2) is 0 Å². The number of likely N-dealkylation sites (N-methyl/N-ethyl adjacent to an activating group) is 1. The number of likely N-dealkylation sites (tertiary alicyclic amines) is 1. The predicted octanol–water partition coefficient (Wildman–Crippen LogP) is 0.418. The van der Waals surface area contributed by atoms with Crippen molar-refractivity contribution in [2.75, 3.05) is 19.8 Å². The van der Waals surface area contributed by atoms with E-state index >= 15 is 0 Å². The summed E-state index contributed by atoms with van der Waals surface area (Å²) in [4.78, 5) is 15.1. The average molecular weight is 405 g/mol. The monoisotopic (exact) mass is 404 g/mol. The van der Waals surface area contributed by atoms with Crippen molar-refractivity contribution in [1.82, 2.24) is 10.2 Å². The van der Waals surface area contributed by atoms with Gasteiger partial charge in [0.15, 0.2) is 0 Å². The molecule has 2 saturated heterocycles. The predicted molar refractivity (Wildman–Crippen MR) is 106 cm³/mol. The van der Waals surface area contributed by atoms with Crippen LogP contribution < -0.4 is 5.32 Å². The molecule has 0 spiro atoms. The zero-order valence-corrected chi connectivity index (χ0v) is 17.9. The molecule has 2 fully saturated rings. The minimum absolute atomic E-state index is 0.00306. The third kappa shape index (κ3) is 5.16. The van der Waals surface area contributed by atoms with E-state index in [1.807, 2.05) is 20.9 Å². The van der Waals surface area contributed by atoms with E-state index in [4.69, 9.17) is 4.74 Å². The molecule has 2 heterocycles. The maximum atomic E-state index is 13.0. The van der Waals surface area contributed by atoms with Gasteiger partial charge in [-0.05, 0) is 38.0 Å². The number of carbonyl (C=O) groups is 1. The number of hydrogen-bond donors (Lipinski definition) is 4. The van der Waals surface area contributed by atoms with Crippen LogP contribution in [0.1, 0.15) is 40.0 Å². The molecule has 0 aliphatic carbocycles. The third-order valence-electron chi connectivity index (χ3n) is 5.85. The molecule has 8 atom stereocenters. The van der Waals surface area contributed by atoms with Gasteiger partial charge >= 0.3 is 0 Å². The van der Waals surface area contributed by atoms with Gasteiger partial charge in [0.05, 0.1) is 12.1 Å². The van der Waals surface area contributed by atoms with Crippen LogP contribution in [-0.2, 0) is 9.53 Å². The lowest BCUT2D eigenvalue weighted by Gasteiger charge is -2.44. The fraction of sp³-hybridized carbons (Fsp3) is 0.947. The molecular weight excluding hydrogens is 368 g/mol. The molecule has 0 bridgehead atoms. The number of nitrogens with one attached hydrogen (secondary N) is 1. The smallest absolute Gasteiger partial charge is 0.237 e. The zero-order valence-electron chi connectivity index (χ0n) is 17.0. The standard InChI is InChI=1S/C19H36N2O5S/c1-6-7-11-8-12(21(4)9-11)18(25)20-13(10(2)3)17-15(23)14(22)16(24)19(26-17)27-5/h10-17,19,22-24H,6-9H2,1-5H3,(H,20,25). The number of rotatable bonds is 7. The molecule has 0 aromatic heterocycles. The molecule has 0 aromatic rings. The van der Waals surface area contributed by atoms with Crippen molar-refractivity contribution in [3.8, 4) is 0 Å². The highest BCUT2D eigenvalue weighted by Crippen LogP contribution is 2.31. The van der Waals surface area contributed by atoms with Crippen LogP contribution in [0.15, 0.2) is 0 Å². The molecule has 27 heavy (non-hydrogen) atoms. The van der Waals surface area contributed by atoms with Crippen LogP contribution in [0.5, 0.6) is 0 Å². The molecular formula is C19H36N2O5S. The van der Waals surface area contributed by atoms with Gasteiger partial charge < -0.3 is 25.4 Å². The van der Waals surface area contributed by atoms with Gasteiger partial charge in [0.1, 0.15) is 29.9 Å². The van der Waals surface area contributed by atoms with Crippen molar-refractivity contribution in [2.45, 2.75) is 82.0 Å². The van der Waals surface area contributed by atoms with Crippen molar-refractivity contribution in [1.29, 1.82) is 0 Å². The minimum Gasteiger partial charge on any atom is -0.388 e. The lowest BCUT2D eigenvalue weighted by Crippen LogP contribution is -2.64. The Morgan fingerprint density at radius 3 is 2.48 bits per heavy atom. The van der Waals surface area contributed by atoms with Gasteiger partial charge in [0, 0.05) is 6.54 Å². The normalized spacial score (nSPS) is 38.9. The first kappa shape index (κ1) is 22.9. The van der Waals surface area contributed by atoms with Crippen LogP contribution in [0.4, 0.5) is 0 Å². The molecule has 0 aromatic carbocycles. The molecule has 0 saturated carbocycles. The lowest BCUT2D eigenvalue weighted by molar-refractivity contribution is -0.208. The molecule has 1 amide bonds. The van der Waals surface area contributed by atoms with E-state index in [0.29, 0.717) is 5.92 Å². The number of hydrogen-bond acceptors (Lipinski definition) is 7. The van der Waals surface area contributed by atoms with E-state index in [1.54, 1.807) is 6.26 Å². The molecule has 2 rings (SSSR count). The topological polar surface area (TPSA) is 102 Å². The SMILES string of the molecule is CCCC1CC(C(=O)NC(C(C)C)C2OC(SC)C(O)C(O)C2O)N(C)C1. The Hall–Kier alpha value is -0.380. The first-order valence-corrected chi connectivity index (χ1v) is 11.2. The first-order valence-electron chi connectivity index (χ1n) is 9.94. The highest BCUT2D eigenvalue weighted by Gasteiger charge is 2.48. The number of aliphatic hydroxyl groups is 3. The Kier molecular flexibility index (Phi) is 8.39.